The number of primary amides is 1. The van der Waals surface area contributed by atoms with E-state index in [0.717, 1.165) is 0 Å². The molecule has 0 atom stereocenters. The van der Waals surface area contributed by atoms with Crippen molar-refractivity contribution in [1.29, 1.82) is 0 Å². The lowest BCUT2D eigenvalue weighted by Gasteiger charge is -2.08. The van der Waals surface area contributed by atoms with Gasteiger partial charge in [0.2, 0.25) is 31.4 Å². The molecule has 4 N–H and O–H groups in total. The molecule has 1 aromatic carbocycles. The zero-order chi connectivity index (χ0) is 17.9. The number of nitrogens with two attached hydrogens (primary N) is 1. The molecule has 0 fully saturated rings. The second-order valence-electron chi connectivity index (χ2n) is 4.59. The predicted molar refractivity (Wildman–Crippen MR) is 84.0 cm³/mol. The summed E-state index contributed by atoms with van der Waals surface area (Å²) in [5.74, 6) is -2.56. The highest BCUT2D eigenvalue weighted by Gasteiger charge is 2.07. The number of carbonyl (C=O) groups is 4. The van der Waals surface area contributed by atoms with Crippen molar-refractivity contribution in [2.75, 3.05) is 25.1 Å². The van der Waals surface area contributed by atoms with Gasteiger partial charge in [-0.2, -0.15) is 0 Å². The van der Waals surface area contributed by atoms with Crippen LogP contribution in [0.25, 0.3) is 0 Å². The van der Waals surface area contributed by atoms with Crippen LogP contribution in [0, 0.1) is 0 Å². The average Bonchev–Trinajstić information content (AvgIpc) is 2.52. The summed E-state index contributed by atoms with van der Waals surface area (Å²) in [7, 11) is 4.85. The molecule has 0 aliphatic rings. The number of hydrogen-bond donors (Lipinski definition) is 3. The first-order valence-corrected chi connectivity index (χ1v) is 6.80. The zero-order valence-corrected chi connectivity index (χ0v) is 12.7. The van der Waals surface area contributed by atoms with Crippen molar-refractivity contribution >= 4 is 37.1 Å². The SMILES string of the molecule is [B]C(=O)OCc1ccc(NC(=O)CNC(=O)COCC(N)=O)cc1. The smallest absolute Gasteiger partial charge is 0.246 e. The van der Waals surface area contributed by atoms with Crippen LogP contribution in [0.2, 0.25) is 0 Å². The van der Waals surface area contributed by atoms with Gasteiger partial charge in [0.25, 0.3) is 0 Å². The first kappa shape index (κ1) is 19.2. The van der Waals surface area contributed by atoms with Crippen molar-refractivity contribution in [3.63, 3.8) is 0 Å². The number of carbonyl (C=O) groups excluding carboxylic acids is 4. The molecule has 0 bridgehead atoms. The lowest BCUT2D eigenvalue weighted by atomic mass is 10.2. The Balaban J connectivity index is 2.30. The first-order valence-electron chi connectivity index (χ1n) is 6.80. The fourth-order valence-electron chi connectivity index (χ4n) is 1.52. The summed E-state index contributed by atoms with van der Waals surface area (Å²) in [6, 6.07) is 6.51. The van der Waals surface area contributed by atoms with Crippen molar-refractivity contribution < 1.29 is 28.7 Å². The van der Waals surface area contributed by atoms with E-state index >= 15 is 0 Å². The Kier molecular flexibility index (Phi) is 7.99. The first-order chi connectivity index (χ1) is 11.4. The third-order valence-electron chi connectivity index (χ3n) is 2.54. The third-order valence-corrected chi connectivity index (χ3v) is 2.54. The van der Waals surface area contributed by atoms with Crippen LogP contribution < -0.4 is 16.4 Å². The van der Waals surface area contributed by atoms with E-state index in [4.69, 9.17) is 18.3 Å². The van der Waals surface area contributed by atoms with Crippen LogP contribution >= 0.6 is 0 Å². The van der Waals surface area contributed by atoms with Gasteiger partial charge in [0.05, 0.1) is 6.54 Å². The van der Waals surface area contributed by atoms with Gasteiger partial charge >= 0.3 is 0 Å². The van der Waals surface area contributed by atoms with E-state index in [9.17, 15) is 19.2 Å². The maximum absolute atomic E-state index is 11.7. The summed E-state index contributed by atoms with van der Waals surface area (Å²) in [5.41, 5.74) is 6.04. The molecule has 9 nitrogen and oxygen atoms in total. The molecule has 126 valence electrons. The van der Waals surface area contributed by atoms with Gasteiger partial charge in [-0.1, -0.05) is 12.1 Å². The molecule has 3 amide bonds. The molecule has 10 heteroatoms. The Morgan fingerprint density at radius 2 is 1.71 bits per heavy atom. The van der Waals surface area contributed by atoms with Crippen LogP contribution in [0.5, 0.6) is 0 Å². The molecular weight excluding hydrogens is 317 g/mol. The standard InChI is InChI=1S/C14H16BN3O6/c15-14(22)24-6-9-1-3-10(4-2-9)18-12(20)5-17-13(21)8-23-7-11(16)19/h1-4H,5-8H2,(H2,16,19)(H,17,21)(H,18,20). The normalized spacial score (nSPS) is 9.83. The quantitative estimate of drug-likeness (QED) is 0.498. The molecule has 0 aromatic heterocycles. The van der Waals surface area contributed by atoms with Crippen molar-refractivity contribution in [1.82, 2.24) is 5.32 Å². The van der Waals surface area contributed by atoms with Gasteiger partial charge in [-0.25, -0.2) is 0 Å². The summed E-state index contributed by atoms with van der Waals surface area (Å²) in [6.45, 7) is -0.966. The number of benzene rings is 1. The van der Waals surface area contributed by atoms with Crippen molar-refractivity contribution in [2.24, 2.45) is 5.73 Å². The van der Waals surface area contributed by atoms with Crippen molar-refractivity contribution in [3.8, 4) is 0 Å². The second kappa shape index (κ2) is 10.0. The lowest BCUT2D eigenvalue weighted by Crippen LogP contribution is -2.35. The van der Waals surface area contributed by atoms with E-state index in [-0.39, 0.29) is 26.4 Å². The highest BCUT2D eigenvalue weighted by atomic mass is 16.5. The molecule has 0 saturated heterocycles. The Bertz CT molecular complexity index is 605. The predicted octanol–water partition coefficient (Wildman–Crippen LogP) is -0.952. The van der Waals surface area contributed by atoms with Crippen LogP contribution in [0.4, 0.5) is 10.5 Å². The minimum atomic E-state index is -0.872. The number of rotatable bonds is 9. The van der Waals surface area contributed by atoms with Gasteiger partial charge in [-0.15, -0.1) is 0 Å². The van der Waals surface area contributed by atoms with Gasteiger partial charge < -0.3 is 25.8 Å². The van der Waals surface area contributed by atoms with Gasteiger partial charge in [0.15, 0.2) is 0 Å². The second-order valence-corrected chi connectivity index (χ2v) is 4.59. The molecule has 1 aromatic rings. The third kappa shape index (κ3) is 8.54. The maximum atomic E-state index is 11.7. The van der Waals surface area contributed by atoms with Gasteiger partial charge in [0.1, 0.15) is 19.8 Å². The molecule has 0 heterocycles. The minimum Gasteiger partial charge on any atom is -0.470 e. The maximum Gasteiger partial charge on any atom is 0.246 e. The van der Waals surface area contributed by atoms with Crippen molar-refractivity contribution in [2.45, 2.75) is 6.61 Å². The van der Waals surface area contributed by atoms with E-state index in [1.807, 2.05) is 0 Å². The number of hydrogen-bond acceptors (Lipinski definition) is 6. The average molecular weight is 333 g/mol. The highest BCUT2D eigenvalue weighted by molar-refractivity contribution is 6.55. The van der Waals surface area contributed by atoms with Crippen LogP contribution in [0.3, 0.4) is 0 Å². The number of anilines is 1. The summed E-state index contributed by atoms with van der Waals surface area (Å²) < 4.78 is 9.32. The fourth-order valence-corrected chi connectivity index (χ4v) is 1.52. The highest BCUT2D eigenvalue weighted by Crippen LogP contribution is 2.10. The summed E-state index contributed by atoms with van der Waals surface area (Å²) in [5, 5.41) is 4.88. The van der Waals surface area contributed by atoms with Gasteiger partial charge in [-0.3, -0.25) is 19.2 Å². The van der Waals surface area contributed by atoms with Gasteiger partial charge in [-0.05, 0) is 17.7 Å². The zero-order valence-electron chi connectivity index (χ0n) is 12.7. The molecule has 0 spiro atoms. The number of ether oxygens (including phenoxy) is 2. The number of nitrogens with one attached hydrogen (secondary N) is 2. The summed E-state index contributed by atoms with van der Waals surface area (Å²) in [6.07, 6.45) is 0. The lowest BCUT2D eigenvalue weighted by molar-refractivity contribution is -0.130. The van der Waals surface area contributed by atoms with Crippen LogP contribution in [0.1, 0.15) is 5.56 Å². The molecule has 0 saturated carbocycles. The largest absolute Gasteiger partial charge is 0.470 e. The van der Waals surface area contributed by atoms with Crippen molar-refractivity contribution in [3.05, 3.63) is 29.8 Å². The monoisotopic (exact) mass is 333 g/mol. The molecule has 0 aliphatic carbocycles. The molecule has 2 radical (unpaired) electrons. The van der Waals surface area contributed by atoms with E-state index in [2.05, 4.69) is 15.4 Å². The Labute approximate surface area is 139 Å². The Morgan fingerprint density at radius 1 is 1.04 bits per heavy atom. The Morgan fingerprint density at radius 3 is 2.29 bits per heavy atom. The molecule has 0 unspecified atom stereocenters. The topological polar surface area (TPSA) is 137 Å². The fraction of sp³-hybridized carbons (Fsp3) is 0.286. The van der Waals surface area contributed by atoms with Gasteiger partial charge in [0, 0.05) is 5.69 Å². The Hall–Kier alpha value is -2.88. The van der Waals surface area contributed by atoms with E-state index in [1.54, 1.807) is 24.3 Å². The van der Waals surface area contributed by atoms with Crippen LogP contribution in [-0.2, 0) is 30.5 Å². The van der Waals surface area contributed by atoms with Crippen LogP contribution in [0.15, 0.2) is 24.3 Å². The van der Waals surface area contributed by atoms with E-state index in [1.165, 1.54) is 0 Å². The number of amides is 3. The van der Waals surface area contributed by atoms with E-state index in [0.29, 0.717) is 11.3 Å². The molecule has 24 heavy (non-hydrogen) atoms. The minimum absolute atomic E-state index is 0.0327. The van der Waals surface area contributed by atoms with Crippen LogP contribution in [-0.4, -0.2) is 51.2 Å². The molecule has 0 aliphatic heterocycles. The summed E-state index contributed by atoms with van der Waals surface area (Å²) >= 11 is 0. The molecular formula is C14H16BN3O6. The van der Waals surface area contributed by atoms with E-state index < -0.39 is 23.6 Å². The molecule has 1 rings (SSSR count). The summed E-state index contributed by atoms with van der Waals surface area (Å²) in [4.78, 5) is 43.9.